The average Bonchev–Trinajstić information content (AvgIpc) is 2.76. The van der Waals surface area contributed by atoms with Crippen molar-refractivity contribution in [2.24, 2.45) is 5.92 Å². The molecule has 0 amide bonds. The highest BCUT2D eigenvalue weighted by Gasteiger charge is 2.25. The number of piperidine rings is 1. The van der Waals surface area contributed by atoms with E-state index in [1.807, 2.05) is 11.0 Å². The first kappa shape index (κ1) is 20.2. The highest BCUT2D eigenvalue weighted by Crippen LogP contribution is 2.28. The second-order valence-corrected chi connectivity index (χ2v) is 8.13. The molecule has 156 valence electrons. The van der Waals surface area contributed by atoms with E-state index >= 15 is 0 Å². The third-order valence-electron chi connectivity index (χ3n) is 5.78. The Hall–Kier alpha value is -2.12. The maximum absolute atomic E-state index is 14.0. The largest absolute Gasteiger partial charge is 0.382 e. The molecule has 3 heterocycles. The van der Waals surface area contributed by atoms with Gasteiger partial charge < -0.3 is 15.0 Å². The molecular formula is C21H26ClFN4O2. The van der Waals surface area contributed by atoms with Crippen LogP contribution in [0.2, 0.25) is 5.02 Å². The van der Waals surface area contributed by atoms with Gasteiger partial charge in [-0.2, -0.15) is 5.10 Å². The first-order valence-corrected chi connectivity index (χ1v) is 10.6. The maximum atomic E-state index is 14.0. The van der Waals surface area contributed by atoms with E-state index in [-0.39, 0.29) is 22.4 Å². The van der Waals surface area contributed by atoms with E-state index in [4.69, 9.17) is 16.3 Å². The van der Waals surface area contributed by atoms with Crippen LogP contribution in [0.4, 0.5) is 15.8 Å². The summed E-state index contributed by atoms with van der Waals surface area (Å²) in [6, 6.07) is 6.74. The fourth-order valence-corrected chi connectivity index (χ4v) is 4.31. The minimum absolute atomic E-state index is 0.0381. The zero-order chi connectivity index (χ0) is 20.2. The molecule has 4 rings (SSSR count). The van der Waals surface area contributed by atoms with Gasteiger partial charge in [0.25, 0.3) is 5.56 Å². The van der Waals surface area contributed by atoms with Gasteiger partial charge >= 0.3 is 0 Å². The Morgan fingerprint density at radius 1 is 1.24 bits per heavy atom. The Balaban J connectivity index is 1.40. The number of hydrogen-bond donors (Lipinski definition) is 1. The van der Waals surface area contributed by atoms with Crippen LogP contribution >= 0.6 is 11.6 Å². The number of hydrogen-bond acceptors (Lipinski definition) is 5. The number of rotatable bonds is 5. The summed E-state index contributed by atoms with van der Waals surface area (Å²) in [7, 11) is 0. The third-order valence-corrected chi connectivity index (χ3v) is 6.15. The van der Waals surface area contributed by atoms with Crippen molar-refractivity contribution in [3.05, 3.63) is 51.7 Å². The van der Waals surface area contributed by atoms with Crippen LogP contribution in [0.3, 0.4) is 0 Å². The van der Waals surface area contributed by atoms with Crippen molar-refractivity contribution in [3.8, 4) is 0 Å². The number of anilines is 2. The lowest BCUT2D eigenvalue weighted by atomic mass is 10.0. The quantitative estimate of drug-likeness (QED) is 0.798. The van der Waals surface area contributed by atoms with E-state index in [1.165, 1.54) is 10.7 Å². The van der Waals surface area contributed by atoms with Crippen molar-refractivity contribution in [1.82, 2.24) is 9.78 Å². The zero-order valence-corrected chi connectivity index (χ0v) is 17.1. The van der Waals surface area contributed by atoms with Crippen LogP contribution in [0.5, 0.6) is 0 Å². The number of halogens is 2. The second-order valence-electron chi connectivity index (χ2n) is 7.76. The van der Waals surface area contributed by atoms with Crippen molar-refractivity contribution >= 4 is 23.0 Å². The molecule has 0 unspecified atom stereocenters. The second kappa shape index (κ2) is 9.13. The molecule has 2 saturated heterocycles. The van der Waals surface area contributed by atoms with Gasteiger partial charge in [-0.05, 0) is 43.7 Å². The van der Waals surface area contributed by atoms with Gasteiger partial charge in [0.1, 0.15) is 10.8 Å². The minimum Gasteiger partial charge on any atom is -0.382 e. The molecule has 0 saturated carbocycles. The standard InChI is InChI=1S/C21H26ClFN4O2/c22-20-18(24-12-15-4-3-11-29-14-15)13-25-27(21(20)28)16-7-9-26(10-8-16)19-6-2-1-5-17(19)23/h1-2,5-6,13,15-16,24H,3-4,7-12,14H2/t15-/m1/s1. The van der Waals surface area contributed by atoms with Gasteiger partial charge in [0.2, 0.25) is 0 Å². The monoisotopic (exact) mass is 420 g/mol. The summed E-state index contributed by atoms with van der Waals surface area (Å²) in [5, 5.41) is 7.80. The Morgan fingerprint density at radius 3 is 2.76 bits per heavy atom. The first-order chi connectivity index (χ1) is 14.1. The van der Waals surface area contributed by atoms with Crippen LogP contribution < -0.4 is 15.8 Å². The van der Waals surface area contributed by atoms with E-state index in [0.717, 1.165) is 26.1 Å². The SMILES string of the molecule is O=c1c(Cl)c(NC[C@H]2CCCOC2)cnn1C1CCN(c2ccccc2F)CC1. The molecule has 1 aromatic carbocycles. The number of benzene rings is 1. The van der Waals surface area contributed by atoms with Crippen molar-refractivity contribution in [2.45, 2.75) is 31.7 Å². The van der Waals surface area contributed by atoms with Crippen molar-refractivity contribution in [2.75, 3.05) is 43.1 Å². The molecule has 8 heteroatoms. The van der Waals surface area contributed by atoms with Crippen LogP contribution in [-0.4, -0.2) is 42.6 Å². The Bertz CT molecular complexity index is 892. The van der Waals surface area contributed by atoms with Crippen molar-refractivity contribution in [3.63, 3.8) is 0 Å². The lowest BCUT2D eigenvalue weighted by Gasteiger charge is -2.34. The molecule has 0 radical (unpaired) electrons. The van der Waals surface area contributed by atoms with Gasteiger partial charge in [-0.1, -0.05) is 23.7 Å². The van der Waals surface area contributed by atoms with Crippen LogP contribution in [0.1, 0.15) is 31.7 Å². The van der Waals surface area contributed by atoms with Crippen LogP contribution in [0, 0.1) is 11.7 Å². The van der Waals surface area contributed by atoms with Gasteiger partial charge in [-0.25, -0.2) is 9.07 Å². The molecule has 1 aromatic heterocycles. The van der Waals surface area contributed by atoms with E-state index in [1.54, 1.807) is 18.3 Å². The number of aromatic nitrogens is 2. The van der Waals surface area contributed by atoms with E-state index in [0.29, 0.717) is 49.8 Å². The summed E-state index contributed by atoms with van der Waals surface area (Å²) < 4.78 is 21.0. The van der Waals surface area contributed by atoms with Gasteiger partial charge in [-0.15, -0.1) is 0 Å². The molecule has 2 aliphatic rings. The molecule has 0 aliphatic carbocycles. The normalized spacial score (nSPS) is 20.6. The number of para-hydroxylation sites is 1. The smallest absolute Gasteiger partial charge is 0.287 e. The molecule has 0 spiro atoms. The van der Waals surface area contributed by atoms with Crippen LogP contribution in [0.15, 0.2) is 35.3 Å². The van der Waals surface area contributed by atoms with Crippen LogP contribution in [0.25, 0.3) is 0 Å². The lowest BCUT2D eigenvalue weighted by Crippen LogP contribution is -2.39. The van der Waals surface area contributed by atoms with E-state index < -0.39 is 0 Å². The highest BCUT2D eigenvalue weighted by molar-refractivity contribution is 6.32. The molecule has 6 nitrogen and oxygen atoms in total. The number of nitrogens with zero attached hydrogens (tertiary/aromatic N) is 3. The third kappa shape index (κ3) is 4.56. The molecule has 1 N–H and O–H groups in total. The molecule has 2 aromatic rings. The Labute approximate surface area is 174 Å². The Morgan fingerprint density at radius 2 is 2.03 bits per heavy atom. The van der Waals surface area contributed by atoms with Gasteiger partial charge in [-0.3, -0.25) is 4.79 Å². The summed E-state index contributed by atoms with van der Waals surface area (Å²) >= 11 is 6.35. The highest BCUT2D eigenvalue weighted by atomic mass is 35.5. The molecule has 2 fully saturated rings. The lowest BCUT2D eigenvalue weighted by molar-refractivity contribution is 0.0595. The molecule has 0 bridgehead atoms. The first-order valence-electron chi connectivity index (χ1n) is 10.2. The zero-order valence-electron chi connectivity index (χ0n) is 16.3. The van der Waals surface area contributed by atoms with Crippen molar-refractivity contribution < 1.29 is 9.13 Å². The fraction of sp³-hybridized carbons (Fsp3) is 0.524. The molecular weight excluding hydrogens is 395 g/mol. The van der Waals surface area contributed by atoms with Crippen LogP contribution in [-0.2, 0) is 4.74 Å². The van der Waals surface area contributed by atoms with E-state index in [9.17, 15) is 9.18 Å². The van der Waals surface area contributed by atoms with Gasteiger partial charge in [0.05, 0.1) is 30.2 Å². The summed E-state index contributed by atoms with van der Waals surface area (Å²) in [4.78, 5) is 14.8. The topological polar surface area (TPSA) is 59.4 Å². The summed E-state index contributed by atoms with van der Waals surface area (Å²) in [6.07, 6.45) is 5.23. The fourth-order valence-electron chi connectivity index (χ4n) is 4.11. The Kier molecular flexibility index (Phi) is 6.35. The number of nitrogens with one attached hydrogen (secondary N) is 1. The van der Waals surface area contributed by atoms with Crippen molar-refractivity contribution in [1.29, 1.82) is 0 Å². The van der Waals surface area contributed by atoms with Gasteiger partial charge in [0, 0.05) is 26.2 Å². The summed E-state index contributed by atoms with van der Waals surface area (Å²) in [6.45, 7) is 3.60. The predicted molar refractivity (Wildman–Crippen MR) is 112 cm³/mol. The van der Waals surface area contributed by atoms with E-state index in [2.05, 4.69) is 10.4 Å². The molecule has 29 heavy (non-hydrogen) atoms. The summed E-state index contributed by atoms with van der Waals surface area (Å²) in [5.41, 5.74) is 0.902. The van der Waals surface area contributed by atoms with Gasteiger partial charge in [0.15, 0.2) is 0 Å². The summed E-state index contributed by atoms with van der Waals surface area (Å²) in [5.74, 6) is 0.202. The predicted octanol–water partition coefficient (Wildman–Crippen LogP) is 3.72. The molecule has 1 atom stereocenters. The molecule has 2 aliphatic heterocycles. The average molecular weight is 421 g/mol. The minimum atomic E-state index is -0.277. The maximum Gasteiger partial charge on any atom is 0.287 e. The number of ether oxygens (including phenoxy) is 1.